The first-order chi connectivity index (χ1) is 13.5. The van der Waals surface area contributed by atoms with E-state index in [1.165, 1.54) is 0 Å². The molecule has 0 saturated carbocycles. The summed E-state index contributed by atoms with van der Waals surface area (Å²) in [6.45, 7) is -0.382. The second-order valence-corrected chi connectivity index (χ2v) is 8.49. The minimum Gasteiger partial charge on any atom is -0.394 e. The number of fused-ring (bicyclic) bond motifs is 1. The molecule has 4 atom stereocenters. The molecule has 0 bridgehead atoms. The van der Waals surface area contributed by atoms with Crippen LogP contribution in [0.4, 0.5) is 0 Å². The van der Waals surface area contributed by atoms with Crippen LogP contribution in [0.15, 0.2) is 53.6 Å². The van der Waals surface area contributed by atoms with Crippen molar-refractivity contribution >= 4 is 45.9 Å². The number of aromatic nitrogens is 1. The summed E-state index contributed by atoms with van der Waals surface area (Å²) in [6, 6.07) is 15.5. The zero-order chi connectivity index (χ0) is 19.8. The molecule has 1 aromatic heterocycles. The third kappa shape index (κ3) is 3.66. The van der Waals surface area contributed by atoms with Gasteiger partial charge < -0.3 is 24.6 Å². The standard InChI is InChI=1S/C20H19Cl2NO4S/c21-13-6-12-7-17(28-10-11-4-2-1-3-5-11)23(15(12)8-14(13)22)20-19(26)18(25)16(9-24)27-20/h1-8,16,18-20,24-26H,9-10H2/t16-,18-,19-,20-/m1/s1. The van der Waals surface area contributed by atoms with Gasteiger partial charge in [-0.05, 0) is 23.8 Å². The van der Waals surface area contributed by atoms with Crippen molar-refractivity contribution < 1.29 is 20.1 Å². The smallest absolute Gasteiger partial charge is 0.164 e. The second-order valence-electron chi connectivity index (χ2n) is 6.68. The topological polar surface area (TPSA) is 74.9 Å². The number of aliphatic hydroxyl groups excluding tert-OH is 3. The number of benzene rings is 2. The first-order valence-electron chi connectivity index (χ1n) is 8.78. The maximum atomic E-state index is 10.5. The quantitative estimate of drug-likeness (QED) is 0.526. The fraction of sp³-hybridized carbons (Fsp3) is 0.300. The molecular formula is C20H19Cl2NO4S. The van der Waals surface area contributed by atoms with Crippen molar-refractivity contribution in [3.63, 3.8) is 0 Å². The Kier molecular flexibility index (Phi) is 5.90. The summed E-state index contributed by atoms with van der Waals surface area (Å²) < 4.78 is 7.59. The molecule has 0 unspecified atom stereocenters. The van der Waals surface area contributed by atoms with Crippen LogP contribution in [0, 0.1) is 0 Å². The lowest BCUT2D eigenvalue weighted by atomic mass is 10.1. The molecule has 1 fully saturated rings. The number of halogens is 2. The average Bonchev–Trinajstić information content (AvgIpc) is 3.18. The van der Waals surface area contributed by atoms with Crippen LogP contribution >= 0.6 is 35.0 Å². The molecule has 3 N–H and O–H groups in total. The molecule has 1 saturated heterocycles. The fourth-order valence-electron chi connectivity index (χ4n) is 3.40. The maximum absolute atomic E-state index is 10.5. The van der Waals surface area contributed by atoms with E-state index in [1.807, 2.05) is 41.0 Å². The zero-order valence-electron chi connectivity index (χ0n) is 14.7. The van der Waals surface area contributed by atoms with Crippen molar-refractivity contribution in [2.75, 3.05) is 6.61 Å². The molecule has 1 aliphatic rings. The highest BCUT2D eigenvalue weighted by atomic mass is 35.5. The summed E-state index contributed by atoms with van der Waals surface area (Å²) in [5, 5.41) is 32.7. The average molecular weight is 440 g/mol. The number of rotatable bonds is 5. The molecule has 0 spiro atoms. The highest BCUT2D eigenvalue weighted by molar-refractivity contribution is 7.98. The first kappa shape index (κ1) is 20.0. The number of ether oxygens (including phenoxy) is 1. The van der Waals surface area contributed by atoms with E-state index >= 15 is 0 Å². The largest absolute Gasteiger partial charge is 0.394 e. The van der Waals surface area contributed by atoms with Gasteiger partial charge in [-0.3, -0.25) is 0 Å². The van der Waals surface area contributed by atoms with Gasteiger partial charge in [0.1, 0.15) is 18.3 Å². The van der Waals surface area contributed by atoms with E-state index in [-0.39, 0.29) is 6.61 Å². The Balaban J connectivity index is 1.76. The Labute approximate surface area is 176 Å². The van der Waals surface area contributed by atoms with Crippen molar-refractivity contribution in [3.05, 3.63) is 64.1 Å². The van der Waals surface area contributed by atoms with E-state index in [1.54, 1.807) is 23.9 Å². The van der Waals surface area contributed by atoms with Gasteiger partial charge in [0.15, 0.2) is 6.23 Å². The van der Waals surface area contributed by atoms with E-state index in [9.17, 15) is 15.3 Å². The van der Waals surface area contributed by atoms with Gasteiger partial charge in [0.05, 0.1) is 27.2 Å². The van der Waals surface area contributed by atoms with E-state index in [0.29, 0.717) is 15.8 Å². The monoisotopic (exact) mass is 439 g/mol. The van der Waals surface area contributed by atoms with Crippen LogP contribution in [0.2, 0.25) is 10.0 Å². The van der Waals surface area contributed by atoms with Crippen molar-refractivity contribution in [1.29, 1.82) is 0 Å². The molecular weight excluding hydrogens is 421 g/mol. The molecule has 0 aliphatic carbocycles. The molecule has 5 nitrogen and oxygen atoms in total. The lowest BCUT2D eigenvalue weighted by Crippen LogP contribution is -2.33. The van der Waals surface area contributed by atoms with Crippen LogP contribution in [-0.2, 0) is 10.5 Å². The number of hydrogen-bond donors (Lipinski definition) is 3. The van der Waals surface area contributed by atoms with Crippen LogP contribution in [0.3, 0.4) is 0 Å². The minimum atomic E-state index is -1.18. The van der Waals surface area contributed by atoms with Crippen LogP contribution in [-0.4, -0.2) is 44.8 Å². The van der Waals surface area contributed by atoms with Crippen molar-refractivity contribution in [2.45, 2.75) is 35.3 Å². The maximum Gasteiger partial charge on any atom is 0.164 e. The Hall–Kier alpha value is -1.25. The van der Waals surface area contributed by atoms with Gasteiger partial charge in [-0.25, -0.2) is 0 Å². The van der Waals surface area contributed by atoms with E-state index < -0.39 is 24.5 Å². The summed E-state index contributed by atoms with van der Waals surface area (Å²) in [4.78, 5) is 0. The Morgan fingerprint density at radius 2 is 1.71 bits per heavy atom. The molecule has 0 radical (unpaired) electrons. The fourth-order valence-corrected chi connectivity index (χ4v) is 4.78. The Morgan fingerprint density at radius 3 is 2.39 bits per heavy atom. The number of nitrogens with zero attached hydrogens (tertiary/aromatic N) is 1. The lowest BCUT2D eigenvalue weighted by molar-refractivity contribution is -0.0540. The van der Waals surface area contributed by atoms with Crippen LogP contribution in [0.25, 0.3) is 10.9 Å². The normalized spacial score (nSPS) is 24.9. The predicted octanol–water partition coefficient (Wildman–Crippen LogP) is 3.85. The first-order valence-corrected chi connectivity index (χ1v) is 10.5. The summed E-state index contributed by atoms with van der Waals surface area (Å²) in [6.07, 6.45) is -4.06. The summed E-state index contributed by atoms with van der Waals surface area (Å²) >= 11 is 14.0. The molecule has 2 heterocycles. The third-order valence-electron chi connectivity index (χ3n) is 4.85. The molecule has 8 heteroatoms. The molecule has 148 valence electrons. The Morgan fingerprint density at radius 1 is 1.00 bits per heavy atom. The molecule has 0 amide bonds. The predicted molar refractivity (Wildman–Crippen MR) is 111 cm³/mol. The highest BCUT2D eigenvalue weighted by Gasteiger charge is 2.44. The lowest BCUT2D eigenvalue weighted by Gasteiger charge is -2.21. The van der Waals surface area contributed by atoms with Crippen molar-refractivity contribution in [2.24, 2.45) is 0 Å². The number of hydrogen-bond acceptors (Lipinski definition) is 5. The van der Waals surface area contributed by atoms with Crippen molar-refractivity contribution in [3.8, 4) is 0 Å². The highest BCUT2D eigenvalue weighted by Crippen LogP contribution is 2.40. The van der Waals surface area contributed by atoms with Gasteiger partial charge in [0, 0.05) is 11.1 Å². The van der Waals surface area contributed by atoms with Crippen LogP contribution in [0.5, 0.6) is 0 Å². The van der Waals surface area contributed by atoms with Gasteiger partial charge in [-0.2, -0.15) is 0 Å². The van der Waals surface area contributed by atoms with E-state index in [0.717, 1.165) is 21.5 Å². The van der Waals surface area contributed by atoms with Crippen LogP contribution < -0.4 is 0 Å². The van der Waals surface area contributed by atoms with Gasteiger partial charge in [0.2, 0.25) is 0 Å². The minimum absolute atomic E-state index is 0.382. The third-order valence-corrected chi connectivity index (χ3v) is 6.66. The van der Waals surface area contributed by atoms with Crippen molar-refractivity contribution in [1.82, 2.24) is 4.57 Å². The summed E-state index contributed by atoms with van der Waals surface area (Å²) in [5.74, 6) is 0.716. The zero-order valence-corrected chi connectivity index (χ0v) is 17.0. The number of aliphatic hydroxyl groups is 3. The van der Waals surface area contributed by atoms with Gasteiger partial charge in [-0.15, -0.1) is 11.8 Å². The molecule has 4 rings (SSSR count). The van der Waals surface area contributed by atoms with Gasteiger partial charge >= 0.3 is 0 Å². The molecule has 2 aromatic carbocycles. The number of thioether (sulfide) groups is 1. The van der Waals surface area contributed by atoms with Crippen LogP contribution in [0.1, 0.15) is 11.8 Å². The SMILES string of the molecule is OC[C@H]1O[C@@H](n2c(SCc3ccccc3)cc3cc(Cl)c(Cl)cc32)[C@H](O)[C@@H]1O. The molecule has 3 aromatic rings. The Bertz CT molecular complexity index is 981. The van der Waals surface area contributed by atoms with Gasteiger partial charge in [0.25, 0.3) is 0 Å². The molecule has 1 aliphatic heterocycles. The van der Waals surface area contributed by atoms with E-state index in [4.69, 9.17) is 27.9 Å². The summed E-state index contributed by atoms with van der Waals surface area (Å²) in [5.41, 5.74) is 1.89. The van der Waals surface area contributed by atoms with Gasteiger partial charge in [-0.1, -0.05) is 53.5 Å². The summed E-state index contributed by atoms with van der Waals surface area (Å²) in [7, 11) is 0. The molecule has 28 heavy (non-hydrogen) atoms. The second kappa shape index (κ2) is 8.24. The van der Waals surface area contributed by atoms with E-state index in [2.05, 4.69) is 0 Å².